The van der Waals surface area contributed by atoms with Crippen molar-refractivity contribution < 1.29 is 0 Å². The Morgan fingerprint density at radius 1 is 1.47 bits per heavy atom. The molecule has 0 spiro atoms. The van der Waals surface area contributed by atoms with Gasteiger partial charge in [0.2, 0.25) is 0 Å². The number of likely N-dealkylation sites (tertiary alicyclic amines) is 1. The first-order valence-electron chi connectivity index (χ1n) is 6.47. The van der Waals surface area contributed by atoms with Crippen molar-refractivity contribution in [2.24, 2.45) is 5.92 Å². The number of nitrogens with one attached hydrogen (secondary N) is 1. The molecule has 0 aliphatic carbocycles. The van der Waals surface area contributed by atoms with Crippen molar-refractivity contribution >= 4 is 11.3 Å². The Bertz CT molecular complexity index is 362. The molecule has 96 valence electrons. The Morgan fingerprint density at radius 3 is 2.94 bits per heavy atom. The van der Waals surface area contributed by atoms with E-state index in [0.717, 1.165) is 19.0 Å². The molecule has 1 aliphatic rings. The maximum absolute atomic E-state index is 4.46. The van der Waals surface area contributed by atoms with Gasteiger partial charge in [0.15, 0.2) is 0 Å². The molecule has 1 fully saturated rings. The average Bonchev–Trinajstić information content (AvgIpc) is 2.58. The minimum absolute atomic E-state index is 0.822. The molecule has 1 aromatic heterocycles. The Morgan fingerprint density at radius 2 is 2.29 bits per heavy atom. The third-order valence-corrected chi connectivity index (χ3v) is 4.51. The van der Waals surface area contributed by atoms with Gasteiger partial charge >= 0.3 is 0 Å². The van der Waals surface area contributed by atoms with Crippen LogP contribution in [0, 0.1) is 19.8 Å². The summed E-state index contributed by atoms with van der Waals surface area (Å²) in [6, 6.07) is 0. The molecule has 1 N–H and O–H groups in total. The zero-order valence-electron chi connectivity index (χ0n) is 11.1. The van der Waals surface area contributed by atoms with Crippen molar-refractivity contribution in [1.29, 1.82) is 0 Å². The monoisotopic (exact) mass is 253 g/mol. The van der Waals surface area contributed by atoms with Crippen LogP contribution in [0.25, 0.3) is 0 Å². The quantitative estimate of drug-likeness (QED) is 0.891. The lowest BCUT2D eigenvalue weighted by Crippen LogP contribution is -2.37. The van der Waals surface area contributed by atoms with Crippen LogP contribution in [0.3, 0.4) is 0 Å². The van der Waals surface area contributed by atoms with Crippen molar-refractivity contribution in [2.45, 2.75) is 33.2 Å². The summed E-state index contributed by atoms with van der Waals surface area (Å²) >= 11 is 1.82. The zero-order chi connectivity index (χ0) is 12.3. The molecular weight excluding hydrogens is 230 g/mol. The number of thiazole rings is 1. The number of nitrogens with zero attached hydrogens (tertiary/aromatic N) is 2. The molecule has 1 aliphatic heterocycles. The van der Waals surface area contributed by atoms with Gasteiger partial charge in [-0.1, -0.05) is 0 Å². The Hall–Kier alpha value is -0.450. The van der Waals surface area contributed by atoms with E-state index < -0.39 is 0 Å². The zero-order valence-corrected chi connectivity index (χ0v) is 11.9. The molecule has 0 bridgehead atoms. The molecule has 0 radical (unpaired) electrons. The van der Waals surface area contributed by atoms with Gasteiger partial charge in [-0.3, -0.25) is 0 Å². The Kier molecular flexibility index (Phi) is 4.54. The highest BCUT2D eigenvalue weighted by atomic mass is 32.1. The van der Waals surface area contributed by atoms with Gasteiger partial charge in [0, 0.05) is 18.0 Å². The summed E-state index contributed by atoms with van der Waals surface area (Å²) in [4.78, 5) is 8.30. The van der Waals surface area contributed by atoms with Gasteiger partial charge < -0.3 is 10.2 Å². The average molecular weight is 253 g/mol. The van der Waals surface area contributed by atoms with Crippen molar-refractivity contribution in [3.63, 3.8) is 0 Å². The van der Waals surface area contributed by atoms with E-state index in [0.29, 0.717) is 0 Å². The van der Waals surface area contributed by atoms with Crippen molar-refractivity contribution in [3.8, 4) is 0 Å². The predicted octanol–water partition coefficient (Wildman–Crippen LogP) is 2.19. The van der Waals surface area contributed by atoms with E-state index in [1.165, 1.54) is 41.5 Å². The van der Waals surface area contributed by atoms with E-state index in [9.17, 15) is 0 Å². The predicted molar refractivity (Wildman–Crippen MR) is 73.5 cm³/mol. The largest absolute Gasteiger partial charge is 0.311 e. The Labute approximate surface area is 108 Å². The summed E-state index contributed by atoms with van der Waals surface area (Å²) in [5.74, 6) is 0.822. The number of aryl methyl sites for hydroxylation is 2. The highest BCUT2D eigenvalue weighted by Gasteiger charge is 2.16. The minimum Gasteiger partial charge on any atom is -0.311 e. The standard InChI is InChI=1S/C13H23N3S/c1-10-13(17-11(2)15-10)8-14-7-12-5-4-6-16(3)9-12/h12,14H,4-9H2,1-3H3. The van der Waals surface area contributed by atoms with Crippen LogP contribution in [0.4, 0.5) is 0 Å². The number of hydrogen-bond donors (Lipinski definition) is 1. The fourth-order valence-electron chi connectivity index (χ4n) is 2.57. The summed E-state index contributed by atoms with van der Waals surface area (Å²) in [6.07, 6.45) is 2.72. The van der Waals surface area contributed by atoms with Gasteiger partial charge in [-0.2, -0.15) is 0 Å². The van der Waals surface area contributed by atoms with Crippen LogP contribution >= 0.6 is 11.3 Å². The van der Waals surface area contributed by atoms with Crippen LogP contribution in [-0.2, 0) is 6.54 Å². The first-order valence-corrected chi connectivity index (χ1v) is 7.29. The van der Waals surface area contributed by atoms with Gasteiger partial charge in [0.1, 0.15) is 0 Å². The molecule has 3 nitrogen and oxygen atoms in total. The lowest BCUT2D eigenvalue weighted by atomic mass is 9.98. The van der Waals surface area contributed by atoms with E-state index >= 15 is 0 Å². The molecule has 0 amide bonds. The molecule has 1 unspecified atom stereocenters. The molecule has 4 heteroatoms. The van der Waals surface area contributed by atoms with Crippen molar-refractivity contribution in [2.75, 3.05) is 26.7 Å². The molecule has 2 heterocycles. The summed E-state index contributed by atoms with van der Waals surface area (Å²) in [5.41, 5.74) is 1.20. The van der Waals surface area contributed by atoms with Crippen LogP contribution in [0.2, 0.25) is 0 Å². The van der Waals surface area contributed by atoms with Crippen LogP contribution in [0.1, 0.15) is 28.4 Å². The first kappa shape index (κ1) is 13.0. The number of piperidine rings is 1. The van der Waals surface area contributed by atoms with Gasteiger partial charge in [0.05, 0.1) is 10.7 Å². The molecule has 1 aromatic rings. The van der Waals surface area contributed by atoms with E-state index in [1.807, 2.05) is 11.3 Å². The highest BCUT2D eigenvalue weighted by molar-refractivity contribution is 7.11. The maximum atomic E-state index is 4.46. The summed E-state index contributed by atoms with van der Waals surface area (Å²) in [7, 11) is 2.23. The van der Waals surface area contributed by atoms with E-state index in [1.54, 1.807) is 0 Å². The Balaban J connectivity index is 1.74. The summed E-state index contributed by atoms with van der Waals surface area (Å²) < 4.78 is 0. The van der Waals surface area contributed by atoms with Gasteiger partial charge in [0.25, 0.3) is 0 Å². The summed E-state index contributed by atoms with van der Waals surface area (Å²) in [6.45, 7) is 8.82. The SMILES string of the molecule is Cc1nc(C)c(CNCC2CCCN(C)C2)s1. The molecule has 0 saturated carbocycles. The summed E-state index contributed by atoms with van der Waals surface area (Å²) in [5, 5.41) is 4.77. The lowest BCUT2D eigenvalue weighted by molar-refractivity contribution is 0.206. The third kappa shape index (κ3) is 3.76. The molecule has 1 atom stereocenters. The molecular formula is C13H23N3S. The second kappa shape index (κ2) is 5.94. The second-order valence-corrected chi connectivity index (χ2v) is 6.43. The van der Waals surface area contributed by atoms with E-state index in [-0.39, 0.29) is 0 Å². The number of hydrogen-bond acceptors (Lipinski definition) is 4. The lowest BCUT2D eigenvalue weighted by Gasteiger charge is -2.29. The van der Waals surface area contributed by atoms with Crippen LogP contribution in [0.5, 0.6) is 0 Å². The highest BCUT2D eigenvalue weighted by Crippen LogP contribution is 2.18. The molecule has 0 aromatic carbocycles. The third-order valence-electron chi connectivity index (χ3n) is 3.44. The number of aromatic nitrogens is 1. The van der Waals surface area contributed by atoms with E-state index in [4.69, 9.17) is 0 Å². The van der Waals surface area contributed by atoms with Gasteiger partial charge in [-0.05, 0) is 52.7 Å². The van der Waals surface area contributed by atoms with Crippen molar-refractivity contribution in [1.82, 2.24) is 15.2 Å². The maximum Gasteiger partial charge on any atom is 0.0900 e. The molecule has 2 rings (SSSR count). The van der Waals surface area contributed by atoms with Crippen molar-refractivity contribution in [3.05, 3.63) is 15.6 Å². The van der Waals surface area contributed by atoms with Crippen LogP contribution in [0.15, 0.2) is 0 Å². The smallest absolute Gasteiger partial charge is 0.0900 e. The van der Waals surface area contributed by atoms with E-state index in [2.05, 4.69) is 36.1 Å². The molecule has 17 heavy (non-hydrogen) atoms. The first-order chi connectivity index (χ1) is 8.15. The normalized spacial score (nSPS) is 21.9. The fourth-order valence-corrected chi connectivity index (χ4v) is 3.47. The van der Waals surface area contributed by atoms with Gasteiger partial charge in [-0.15, -0.1) is 11.3 Å². The van der Waals surface area contributed by atoms with Crippen LogP contribution < -0.4 is 5.32 Å². The number of rotatable bonds is 4. The minimum atomic E-state index is 0.822. The second-order valence-electron chi connectivity index (χ2n) is 5.14. The topological polar surface area (TPSA) is 28.2 Å². The van der Waals surface area contributed by atoms with Crippen LogP contribution in [-0.4, -0.2) is 36.6 Å². The van der Waals surface area contributed by atoms with Gasteiger partial charge in [-0.25, -0.2) is 4.98 Å². The molecule has 1 saturated heterocycles. The fraction of sp³-hybridized carbons (Fsp3) is 0.769.